The Morgan fingerprint density at radius 3 is 2.47 bits per heavy atom. The van der Waals surface area contributed by atoms with E-state index in [9.17, 15) is 8.78 Å². The molecule has 0 saturated heterocycles. The van der Waals surface area contributed by atoms with Crippen LogP contribution in [-0.4, -0.2) is 26.8 Å². The number of aromatic amines is 1. The summed E-state index contributed by atoms with van der Waals surface area (Å²) in [5, 5.41) is 19.8. The summed E-state index contributed by atoms with van der Waals surface area (Å²) >= 11 is 0. The predicted molar refractivity (Wildman–Crippen MR) is 107 cm³/mol. The van der Waals surface area contributed by atoms with Gasteiger partial charge in [-0.2, -0.15) is 19.1 Å². The summed E-state index contributed by atoms with van der Waals surface area (Å²) in [7, 11) is 0. The third kappa shape index (κ3) is 4.50. The number of benzene rings is 2. The molecule has 2 heterocycles. The number of H-pyrrole nitrogens is 1. The molecule has 2 N–H and O–H groups in total. The first-order valence-electron chi connectivity index (χ1n) is 9.10. The normalized spacial score (nSPS) is 10.9. The molecule has 4 aromatic rings. The van der Waals surface area contributed by atoms with E-state index >= 15 is 0 Å². The van der Waals surface area contributed by atoms with E-state index in [-0.39, 0.29) is 5.75 Å². The van der Waals surface area contributed by atoms with Crippen molar-refractivity contribution in [2.75, 3.05) is 5.32 Å². The van der Waals surface area contributed by atoms with Crippen LogP contribution in [0.15, 0.2) is 54.9 Å². The van der Waals surface area contributed by atoms with Crippen LogP contribution in [0.3, 0.4) is 0 Å². The number of fused-ring (bicyclic) bond motifs is 1. The van der Waals surface area contributed by atoms with Crippen molar-refractivity contribution < 1.29 is 13.5 Å². The molecule has 0 radical (unpaired) electrons. The van der Waals surface area contributed by atoms with Crippen molar-refractivity contribution in [3.63, 3.8) is 0 Å². The highest BCUT2D eigenvalue weighted by molar-refractivity contribution is 5.84. The van der Waals surface area contributed by atoms with Crippen LogP contribution >= 0.6 is 0 Å². The average molecular weight is 406 g/mol. The van der Waals surface area contributed by atoms with Crippen LogP contribution in [0.25, 0.3) is 10.9 Å². The molecule has 0 atom stereocenters. The molecule has 2 aromatic carbocycles. The summed E-state index contributed by atoms with van der Waals surface area (Å²) in [5.74, 6) is 0.488. The van der Waals surface area contributed by atoms with Crippen molar-refractivity contribution in [3.8, 4) is 11.8 Å². The first kappa shape index (κ1) is 19.3. The van der Waals surface area contributed by atoms with Gasteiger partial charge in [0.2, 0.25) is 5.95 Å². The number of hydrogen-bond donors (Lipinski definition) is 2. The molecule has 0 aliphatic heterocycles. The maximum absolute atomic E-state index is 12.2. The van der Waals surface area contributed by atoms with E-state index in [4.69, 9.17) is 5.26 Å². The van der Waals surface area contributed by atoms with Crippen LogP contribution in [0, 0.1) is 11.3 Å². The fourth-order valence-corrected chi connectivity index (χ4v) is 2.99. The maximum atomic E-state index is 12.2. The number of aromatic nitrogens is 4. The number of ether oxygens (including phenoxy) is 1. The van der Waals surface area contributed by atoms with E-state index < -0.39 is 6.61 Å². The number of rotatable bonds is 7. The molecule has 0 amide bonds. The lowest BCUT2D eigenvalue weighted by Gasteiger charge is -2.08. The van der Waals surface area contributed by atoms with Gasteiger partial charge in [0.25, 0.3) is 0 Å². The Kier molecular flexibility index (Phi) is 5.48. The van der Waals surface area contributed by atoms with Gasteiger partial charge >= 0.3 is 6.61 Å². The number of halogens is 2. The molecule has 0 saturated carbocycles. The average Bonchev–Trinajstić information content (AvgIpc) is 3.17. The molecular weight excluding hydrogens is 390 g/mol. The molecule has 0 aliphatic carbocycles. The molecule has 0 aliphatic rings. The largest absolute Gasteiger partial charge is 0.435 e. The zero-order chi connectivity index (χ0) is 20.9. The molecule has 0 bridgehead atoms. The Bertz CT molecular complexity index is 1180. The van der Waals surface area contributed by atoms with Crippen LogP contribution in [-0.2, 0) is 12.8 Å². The second-order valence-corrected chi connectivity index (χ2v) is 6.51. The van der Waals surface area contributed by atoms with Crippen LogP contribution in [0.5, 0.6) is 5.75 Å². The molecule has 30 heavy (non-hydrogen) atoms. The quantitative estimate of drug-likeness (QED) is 0.473. The highest BCUT2D eigenvalue weighted by atomic mass is 19.3. The molecule has 0 fully saturated rings. The minimum Gasteiger partial charge on any atom is -0.435 e. The van der Waals surface area contributed by atoms with Crippen molar-refractivity contribution >= 4 is 22.5 Å². The standard InChI is InChI=1S/C21H16F2N6O/c22-20(23)30-16-6-4-15(5-7-16)27-21-25-11-14(12-26-21)2-1-13-3-8-18-17(9-13)19(10-24)29-28-18/h3-9,11-12,20H,1-2H2,(H,28,29)(H,25,26,27). The zero-order valence-corrected chi connectivity index (χ0v) is 15.6. The van der Waals surface area contributed by atoms with Crippen LogP contribution in [0.4, 0.5) is 20.4 Å². The molecule has 9 heteroatoms. The third-order valence-electron chi connectivity index (χ3n) is 4.48. The number of nitrogens with zero attached hydrogens (tertiary/aromatic N) is 4. The van der Waals surface area contributed by atoms with Crippen LogP contribution < -0.4 is 10.1 Å². The first-order valence-corrected chi connectivity index (χ1v) is 9.10. The van der Waals surface area contributed by atoms with Gasteiger partial charge in [-0.1, -0.05) is 6.07 Å². The van der Waals surface area contributed by atoms with E-state index in [1.54, 1.807) is 24.5 Å². The topological polar surface area (TPSA) is 99.5 Å². The van der Waals surface area contributed by atoms with Gasteiger partial charge in [-0.3, -0.25) is 5.10 Å². The number of anilines is 2. The van der Waals surface area contributed by atoms with Crippen molar-refractivity contribution in [3.05, 3.63) is 71.7 Å². The summed E-state index contributed by atoms with van der Waals surface area (Å²) in [6.45, 7) is -2.85. The monoisotopic (exact) mass is 406 g/mol. The highest BCUT2D eigenvalue weighted by Crippen LogP contribution is 2.20. The summed E-state index contributed by atoms with van der Waals surface area (Å²) in [5.41, 5.74) is 3.94. The summed E-state index contributed by atoms with van der Waals surface area (Å²) in [6, 6.07) is 14.1. The number of alkyl halides is 2. The van der Waals surface area contributed by atoms with E-state index in [0.29, 0.717) is 17.3 Å². The minimum atomic E-state index is -2.85. The van der Waals surface area contributed by atoms with E-state index in [1.807, 2.05) is 18.2 Å². The van der Waals surface area contributed by atoms with Gasteiger partial charge in [0.1, 0.15) is 11.8 Å². The minimum absolute atomic E-state index is 0.0855. The summed E-state index contributed by atoms with van der Waals surface area (Å²) in [4.78, 5) is 8.59. The number of nitriles is 1. The first-order chi connectivity index (χ1) is 14.6. The van der Waals surface area contributed by atoms with Crippen LogP contribution in [0.2, 0.25) is 0 Å². The lowest BCUT2D eigenvalue weighted by molar-refractivity contribution is -0.0498. The van der Waals surface area contributed by atoms with E-state index in [1.165, 1.54) is 12.1 Å². The molecule has 7 nitrogen and oxygen atoms in total. The second kappa shape index (κ2) is 8.53. The van der Waals surface area contributed by atoms with Gasteiger partial charge in [0.15, 0.2) is 5.69 Å². The Morgan fingerprint density at radius 2 is 1.77 bits per heavy atom. The van der Waals surface area contributed by atoms with Gasteiger partial charge in [-0.15, -0.1) is 0 Å². The van der Waals surface area contributed by atoms with Gasteiger partial charge < -0.3 is 10.1 Å². The predicted octanol–water partition coefficient (Wildman–Crippen LogP) is 4.35. The number of aryl methyl sites for hydroxylation is 2. The lowest BCUT2D eigenvalue weighted by Crippen LogP contribution is -2.02. The van der Waals surface area contributed by atoms with Crippen molar-refractivity contribution in [2.45, 2.75) is 19.5 Å². The fraction of sp³-hybridized carbons (Fsp3) is 0.143. The second-order valence-electron chi connectivity index (χ2n) is 6.51. The molecule has 0 unspecified atom stereocenters. The molecule has 0 spiro atoms. The fourth-order valence-electron chi connectivity index (χ4n) is 2.99. The molecule has 4 rings (SSSR count). The number of hydrogen-bond acceptors (Lipinski definition) is 6. The smallest absolute Gasteiger partial charge is 0.387 e. The Balaban J connectivity index is 1.36. The van der Waals surface area contributed by atoms with E-state index in [0.717, 1.165) is 34.9 Å². The SMILES string of the molecule is N#Cc1n[nH]c2ccc(CCc3cnc(Nc4ccc(OC(F)F)cc4)nc3)cc12. The molecular formula is C21H16F2N6O. The lowest BCUT2D eigenvalue weighted by atomic mass is 10.0. The van der Waals surface area contributed by atoms with Gasteiger partial charge in [-0.25, -0.2) is 9.97 Å². The third-order valence-corrected chi connectivity index (χ3v) is 4.48. The molecule has 2 aromatic heterocycles. The van der Waals surface area contributed by atoms with Crippen molar-refractivity contribution in [1.82, 2.24) is 20.2 Å². The highest BCUT2D eigenvalue weighted by Gasteiger charge is 2.07. The van der Waals surface area contributed by atoms with Gasteiger partial charge in [-0.05, 0) is 60.4 Å². The van der Waals surface area contributed by atoms with E-state index in [2.05, 4.69) is 36.3 Å². The maximum Gasteiger partial charge on any atom is 0.387 e. The van der Waals surface area contributed by atoms with Gasteiger partial charge in [0, 0.05) is 23.5 Å². The van der Waals surface area contributed by atoms with Gasteiger partial charge in [0.05, 0.1) is 5.52 Å². The Labute approximate surface area is 170 Å². The number of nitrogens with one attached hydrogen (secondary N) is 2. The summed E-state index contributed by atoms with van der Waals surface area (Å²) in [6.07, 6.45) is 4.99. The summed E-state index contributed by atoms with van der Waals surface area (Å²) < 4.78 is 28.7. The Hall–Kier alpha value is -4.06. The zero-order valence-electron chi connectivity index (χ0n) is 15.6. The van der Waals surface area contributed by atoms with Crippen molar-refractivity contribution in [1.29, 1.82) is 5.26 Å². The van der Waals surface area contributed by atoms with Crippen LogP contribution in [0.1, 0.15) is 16.8 Å². The molecule has 150 valence electrons. The Morgan fingerprint density at radius 1 is 1.03 bits per heavy atom. The van der Waals surface area contributed by atoms with Crippen molar-refractivity contribution in [2.24, 2.45) is 0 Å².